The quantitative estimate of drug-likeness (QED) is 0.744. The molecule has 3 nitrogen and oxygen atoms in total. The summed E-state index contributed by atoms with van der Waals surface area (Å²) >= 11 is 10.8. The molecule has 1 N–H and O–H groups in total. The topological polar surface area (TPSA) is 38.0 Å². The summed E-state index contributed by atoms with van der Waals surface area (Å²) in [6.07, 6.45) is -0.118. The molecule has 3 rings (SSSR count). The fraction of sp³-hybridized carbons (Fsp3) is 0.214. The van der Waals surface area contributed by atoms with E-state index < -0.39 is 6.10 Å². The predicted octanol–water partition coefficient (Wildman–Crippen LogP) is 4.33. The number of hydrogen-bond acceptors (Lipinski definition) is 3. The fourth-order valence-electron chi connectivity index (χ4n) is 2.25. The Bertz CT molecular complexity index is 748. The van der Waals surface area contributed by atoms with Crippen molar-refractivity contribution in [3.05, 3.63) is 49.7 Å². The van der Waals surface area contributed by atoms with Gasteiger partial charge in [0, 0.05) is 28.2 Å². The SMILES string of the molecule is Cn1nc(CC(O)c2cc(Br)c(Cl)s2)c2ccccc21. The lowest BCUT2D eigenvalue weighted by Crippen LogP contribution is -2.01. The van der Waals surface area contributed by atoms with Crippen molar-refractivity contribution in [2.45, 2.75) is 12.5 Å². The van der Waals surface area contributed by atoms with E-state index in [1.54, 1.807) is 0 Å². The van der Waals surface area contributed by atoms with E-state index in [2.05, 4.69) is 21.0 Å². The maximum absolute atomic E-state index is 10.4. The molecule has 0 saturated carbocycles. The molecular weight excluding hydrogens is 360 g/mol. The number of thiophene rings is 1. The Morgan fingerprint density at radius 3 is 2.90 bits per heavy atom. The van der Waals surface area contributed by atoms with Crippen molar-refractivity contribution in [3.8, 4) is 0 Å². The van der Waals surface area contributed by atoms with Gasteiger partial charge >= 0.3 is 0 Å². The zero-order valence-electron chi connectivity index (χ0n) is 10.7. The minimum absolute atomic E-state index is 0.477. The van der Waals surface area contributed by atoms with Gasteiger partial charge in [-0.25, -0.2) is 0 Å². The van der Waals surface area contributed by atoms with Crippen molar-refractivity contribution >= 4 is 49.8 Å². The number of aliphatic hydroxyl groups excluding tert-OH is 1. The largest absolute Gasteiger partial charge is 0.387 e. The van der Waals surface area contributed by atoms with Gasteiger partial charge in [-0.1, -0.05) is 29.8 Å². The molecule has 0 saturated heterocycles. The van der Waals surface area contributed by atoms with Crippen LogP contribution in [0.1, 0.15) is 16.7 Å². The number of halogens is 2. The number of aryl methyl sites for hydroxylation is 1. The third-order valence-electron chi connectivity index (χ3n) is 3.21. The minimum Gasteiger partial charge on any atom is -0.387 e. The van der Waals surface area contributed by atoms with Crippen molar-refractivity contribution in [3.63, 3.8) is 0 Å². The molecule has 0 aliphatic carbocycles. The Morgan fingerprint density at radius 2 is 2.20 bits per heavy atom. The monoisotopic (exact) mass is 370 g/mol. The molecule has 0 aliphatic rings. The van der Waals surface area contributed by atoms with E-state index in [0.29, 0.717) is 10.8 Å². The zero-order chi connectivity index (χ0) is 14.3. The van der Waals surface area contributed by atoms with Gasteiger partial charge in [0.15, 0.2) is 0 Å². The molecular formula is C14H12BrClN2OS. The summed E-state index contributed by atoms with van der Waals surface area (Å²) in [6.45, 7) is 0. The molecule has 0 bridgehead atoms. The Labute approximate surface area is 133 Å². The van der Waals surface area contributed by atoms with Gasteiger partial charge in [-0.05, 0) is 28.1 Å². The smallest absolute Gasteiger partial charge is 0.107 e. The van der Waals surface area contributed by atoms with Crippen molar-refractivity contribution in [2.75, 3.05) is 0 Å². The van der Waals surface area contributed by atoms with E-state index in [9.17, 15) is 5.11 Å². The Kier molecular flexibility index (Phi) is 3.86. The molecule has 2 heterocycles. The number of nitrogens with zero attached hydrogens (tertiary/aromatic N) is 2. The van der Waals surface area contributed by atoms with Crippen LogP contribution in [0, 0.1) is 0 Å². The first-order valence-electron chi connectivity index (χ1n) is 6.09. The molecule has 6 heteroatoms. The van der Waals surface area contributed by atoms with E-state index in [-0.39, 0.29) is 0 Å². The van der Waals surface area contributed by atoms with E-state index in [1.165, 1.54) is 11.3 Å². The van der Waals surface area contributed by atoms with Gasteiger partial charge in [0.05, 0.1) is 17.3 Å². The molecule has 1 unspecified atom stereocenters. The van der Waals surface area contributed by atoms with E-state index in [4.69, 9.17) is 11.6 Å². The molecule has 0 amide bonds. The van der Waals surface area contributed by atoms with Crippen LogP contribution in [0.5, 0.6) is 0 Å². The summed E-state index contributed by atoms with van der Waals surface area (Å²) in [5.74, 6) is 0. The number of aromatic nitrogens is 2. The Morgan fingerprint density at radius 1 is 1.45 bits per heavy atom. The van der Waals surface area contributed by atoms with Crippen LogP contribution in [0.2, 0.25) is 4.34 Å². The summed E-state index contributed by atoms with van der Waals surface area (Å²) in [5, 5.41) is 15.9. The molecule has 0 fully saturated rings. The highest BCUT2D eigenvalue weighted by molar-refractivity contribution is 9.10. The zero-order valence-corrected chi connectivity index (χ0v) is 13.8. The predicted molar refractivity (Wildman–Crippen MR) is 86.4 cm³/mol. The third-order valence-corrected chi connectivity index (χ3v) is 5.79. The van der Waals surface area contributed by atoms with E-state index >= 15 is 0 Å². The van der Waals surface area contributed by atoms with Crippen molar-refractivity contribution in [1.29, 1.82) is 0 Å². The first-order valence-corrected chi connectivity index (χ1v) is 8.08. The average Bonchev–Trinajstić information content (AvgIpc) is 2.92. The normalized spacial score (nSPS) is 13.0. The van der Waals surface area contributed by atoms with Crippen molar-refractivity contribution in [2.24, 2.45) is 7.05 Å². The van der Waals surface area contributed by atoms with Crippen molar-refractivity contribution in [1.82, 2.24) is 9.78 Å². The molecule has 0 radical (unpaired) electrons. The van der Waals surface area contributed by atoms with Crippen LogP contribution in [0.15, 0.2) is 34.8 Å². The molecule has 2 aromatic heterocycles. The van der Waals surface area contributed by atoms with E-state index in [0.717, 1.165) is 25.9 Å². The summed E-state index contributed by atoms with van der Waals surface area (Å²) in [7, 11) is 1.91. The molecule has 20 heavy (non-hydrogen) atoms. The molecule has 1 atom stereocenters. The second kappa shape index (κ2) is 5.48. The van der Waals surface area contributed by atoms with Crippen LogP contribution >= 0.6 is 38.9 Å². The van der Waals surface area contributed by atoms with Gasteiger partial charge in [0.2, 0.25) is 0 Å². The van der Waals surface area contributed by atoms with Crippen LogP contribution in [0.25, 0.3) is 10.9 Å². The van der Waals surface area contributed by atoms with Gasteiger partial charge in [0.1, 0.15) is 4.34 Å². The highest BCUT2D eigenvalue weighted by atomic mass is 79.9. The maximum Gasteiger partial charge on any atom is 0.107 e. The van der Waals surface area contributed by atoms with E-state index in [1.807, 2.05) is 42.1 Å². The molecule has 3 aromatic rings. The van der Waals surface area contributed by atoms with Gasteiger partial charge in [-0.15, -0.1) is 11.3 Å². The number of hydrogen-bond donors (Lipinski definition) is 1. The van der Waals surface area contributed by atoms with Gasteiger partial charge in [-0.3, -0.25) is 4.68 Å². The van der Waals surface area contributed by atoms with Crippen molar-refractivity contribution < 1.29 is 5.11 Å². The number of aliphatic hydroxyl groups is 1. The highest BCUT2D eigenvalue weighted by Crippen LogP contribution is 2.36. The summed E-state index contributed by atoms with van der Waals surface area (Å²) in [5.41, 5.74) is 1.97. The maximum atomic E-state index is 10.4. The summed E-state index contributed by atoms with van der Waals surface area (Å²) in [4.78, 5) is 0.844. The van der Waals surface area contributed by atoms with Gasteiger partial charge < -0.3 is 5.11 Å². The lowest BCUT2D eigenvalue weighted by molar-refractivity contribution is 0.181. The Hall–Kier alpha value is -0.880. The lowest BCUT2D eigenvalue weighted by atomic mass is 10.1. The standard InChI is InChI=1S/C14H12BrClN2OS/c1-18-11-5-3-2-4-8(11)10(17-18)7-12(19)13-6-9(15)14(16)20-13/h2-6,12,19H,7H2,1H3. The second-order valence-electron chi connectivity index (χ2n) is 4.58. The molecule has 1 aromatic carbocycles. The van der Waals surface area contributed by atoms with Crippen LogP contribution < -0.4 is 0 Å². The molecule has 0 aliphatic heterocycles. The number of para-hydroxylation sites is 1. The third kappa shape index (κ3) is 2.51. The van der Waals surface area contributed by atoms with Crippen LogP contribution in [0.3, 0.4) is 0 Å². The molecule has 0 spiro atoms. The van der Waals surface area contributed by atoms with Crippen LogP contribution in [-0.2, 0) is 13.5 Å². The first-order chi connectivity index (χ1) is 9.56. The highest BCUT2D eigenvalue weighted by Gasteiger charge is 2.17. The minimum atomic E-state index is -0.595. The summed E-state index contributed by atoms with van der Waals surface area (Å²) in [6, 6.07) is 9.89. The first kappa shape index (κ1) is 14.1. The lowest BCUT2D eigenvalue weighted by Gasteiger charge is -2.06. The van der Waals surface area contributed by atoms with Gasteiger partial charge in [-0.2, -0.15) is 5.10 Å². The average molecular weight is 372 g/mol. The number of fused-ring (bicyclic) bond motifs is 1. The van der Waals surface area contributed by atoms with Crippen LogP contribution in [0.4, 0.5) is 0 Å². The van der Waals surface area contributed by atoms with Crippen LogP contribution in [-0.4, -0.2) is 14.9 Å². The number of rotatable bonds is 3. The Balaban J connectivity index is 1.93. The second-order valence-corrected chi connectivity index (χ2v) is 7.12. The number of benzene rings is 1. The van der Waals surface area contributed by atoms with Gasteiger partial charge in [0.25, 0.3) is 0 Å². The summed E-state index contributed by atoms with van der Waals surface area (Å²) < 4.78 is 3.32. The fourth-order valence-corrected chi connectivity index (χ4v) is 3.97. The molecule has 104 valence electrons.